The average Bonchev–Trinajstić information content (AvgIpc) is 2.24. The van der Waals surface area contributed by atoms with Crippen molar-refractivity contribution >= 4 is 11.9 Å². The molecule has 0 aliphatic heterocycles. The molecule has 6 heteroatoms. The van der Waals surface area contributed by atoms with Gasteiger partial charge in [0.1, 0.15) is 6.10 Å². The van der Waals surface area contributed by atoms with Gasteiger partial charge in [0.15, 0.2) is 0 Å². The van der Waals surface area contributed by atoms with Gasteiger partial charge in [-0.3, -0.25) is 9.59 Å². The number of methoxy groups -OCH3 is 1. The van der Waals surface area contributed by atoms with Gasteiger partial charge in [-0.1, -0.05) is 0 Å². The summed E-state index contributed by atoms with van der Waals surface area (Å²) in [4.78, 5) is 21.4. The van der Waals surface area contributed by atoms with Crippen LogP contribution in [0.25, 0.3) is 0 Å². The highest BCUT2D eigenvalue weighted by atomic mass is 16.6. The van der Waals surface area contributed by atoms with E-state index < -0.39 is 18.0 Å². The number of ether oxygens (including phenoxy) is 3. The van der Waals surface area contributed by atoms with E-state index in [4.69, 9.17) is 19.3 Å². The Morgan fingerprint density at radius 3 is 2.29 bits per heavy atom. The zero-order valence-electron chi connectivity index (χ0n) is 10.5. The zero-order valence-corrected chi connectivity index (χ0v) is 10.5. The van der Waals surface area contributed by atoms with Crippen molar-refractivity contribution in [2.75, 3.05) is 20.3 Å². The summed E-state index contributed by atoms with van der Waals surface area (Å²) in [5, 5.41) is 8.39. The summed E-state index contributed by atoms with van der Waals surface area (Å²) in [6, 6.07) is 0. The van der Waals surface area contributed by atoms with Crippen LogP contribution in [-0.4, -0.2) is 49.6 Å². The molecule has 0 saturated carbocycles. The summed E-state index contributed by atoms with van der Waals surface area (Å²) in [5.74, 6) is -1.54. The van der Waals surface area contributed by atoms with Crippen LogP contribution in [0.1, 0.15) is 26.7 Å². The van der Waals surface area contributed by atoms with E-state index in [9.17, 15) is 9.59 Å². The molecule has 1 N–H and O–H groups in total. The lowest BCUT2D eigenvalue weighted by Gasteiger charge is -2.17. The molecule has 0 saturated heterocycles. The van der Waals surface area contributed by atoms with Crippen molar-refractivity contribution in [3.63, 3.8) is 0 Å². The van der Waals surface area contributed by atoms with E-state index in [-0.39, 0.29) is 25.6 Å². The lowest BCUT2D eigenvalue weighted by atomic mass is 10.3. The molecule has 0 aliphatic carbocycles. The molecule has 0 aromatic rings. The summed E-state index contributed by atoms with van der Waals surface area (Å²) < 4.78 is 15.2. The molecule has 6 nitrogen and oxygen atoms in total. The standard InChI is InChI=1S/C11H20O6/c1-8(6-15-3)16-7-9(2)17-11(14)5-4-10(12)13/h8-9H,4-7H2,1-3H3,(H,12,13). The highest BCUT2D eigenvalue weighted by molar-refractivity contribution is 5.76. The Morgan fingerprint density at radius 2 is 1.76 bits per heavy atom. The van der Waals surface area contributed by atoms with E-state index in [1.54, 1.807) is 14.0 Å². The number of aliphatic carboxylic acids is 1. The van der Waals surface area contributed by atoms with Gasteiger partial charge in [0.2, 0.25) is 0 Å². The molecule has 0 spiro atoms. The first-order valence-electron chi connectivity index (χ1n) is 5.47. The maximum Gasteiger partial charge on any atom is 0.306 e. The van der Waals surface area contributed by atoms with Crippen LogP contribution in [0.4, 0.5) is 0 Å². The largest absolute Gasteiger partial charge is 0.481 e. The van der Waals surface area contributed by atoms with E-state index in [0.29, 0.717) is 6.61 Å². The van der Waals surface area contributed by atoms with Crippen molar-refractivity contribution in [1.29, 1.82) is 0 Å². The Kier molecular flexibility index (Phi) is 8.35. The lowest BCUT2D eigenvalue weighted by Crippen LogP contribution is -2.25. The zero-order chi connectivity index (χ0) is 13.3. The fourth-order valence-corrected chi connectivity index (χ4v) is 1.11. The number of rotatable bonds is 9. The number of carboxylic acid groups (broad SMARTS) is 1. The monoisotopic (exact) mass is 248 g/mol. The van der Waals surface area contributed by atoms with Gasteiger partial charge in [-0.15, -0.1) is 0 Å². The van der Waals surface area contributed by atoms with Crippen LogP contribution in [0.5, 0.6) is 0 Å². The molecule has 0 heterocycles. The average molecular weight is 248 g/mol. The number of carbonyl (C=O) groups is 2. The van der Waals surface area contributed by atoms with Crippen molar-refractivity contribution in [3.8, 4) is 0 Å². The quantitative estimate of drug-likeness (QED) is 0.609. The summed E-state index contributed by atoms with van der Waals surface area (Å²) in [5.41, 5.74) is 0. The molecular formula is C11H20O6. The number of hydrogen-bond acceptors (Lipinski definition) is 5. The molecule has 2 unspecified atom stereocenters. The Balaban J connectivity index is 3.66. The highest BCUT2D eigenvalue weighted by Gasteiger charge is 2.12. The Bertz CT molecular complexity index is 240. The summed E-state index contributed by atoms with van der Waals surface area (Å²) >= 11 is 0. The van der Waals surface area contributed by atoms with Crippen molar-refractivity contribution in [3.05, 3.63) is 0 Å². The van der Waals surface area contributed by atoms with Crippen LogP contribution in [0, 0.1) is 0 Å². The van der Waals surface area contributed by atoms with E-state index in [1.807, 2.05) is 6.92 Å². The number of esters is 1. The Hall–Kier alpha value is -1.14. The van der Waals surface area contributed by atoms with Gasteiger partial charge >= 0.3 is 11.9 Å². The Morgan fingerprint density at radius 1 is 1.12 bits per heavy atom. The first kappa shape index (κ1) is 15.9. The second kappa shape index (κ2) is 8.95. The first-order chi connectivity index (χ1) is 7.95. The maximum atomic E-state index is 11.2. The molecule has 0 aromatic carbocycles. The van der Waals surface area contributed by atoms with Crippen LogP contribution in [0.2, 0.25) is 0 Å². The van der Waals surface area contributed by atoms with E-state index >= 15 is 0 Å². The van der Waals surface area contributed by atoms with Crippen molar-refractivity contribution < 1.29 is 28.9 Å². The maximum absolute atomic E-state index is 11.2. The van der Waals surface area contributed by atoms with Gasteiger partial charge in [0.05, 0.1) is 32.2 Å². The summed E-state index contributed by atoms with van der Waals surface area (Å²) in [7, 11) is 1.58. The molecule has 0 fully saturated rings. The van der Waals surface area contributed by atoms with Crippen LogP contribution in [-0.2, 0) is 23.8 Å². The van der Waals surface area contributed by atoms with Crippen molar-refractivity contribution in [1.82, 2.24) is 0 Å². The van der Waals surface area contributed by atoms with Crippen LogP contribution >= 0.6 is 0 Å². The SMILES string of the molecule is COCC(C)OCC(C)OC(=O)CCC(=O)O. The van der Waals surface area contributed by atoms with Crippen LogP contribution in [0.15, 0.2) is 0 Å². The topological polar surface area (TPSA) is 82.1 Å². The Labute approximate surface area is 101 Å². The smallest absolute Gasteiger partial charge is 0.306 e. The van der Waals surface area contributed by atoms with Gasteiger partial charge in [0, 0.05) is 7.11 Å². The molecule has 0 radical (unpaired) electrons. The van der Waals surface area contributed by atoms with Gasteiger partial charge in [-0.2, -0.15) is 0 Å². The fourth-order valence-electron chi connectivity index (χ4n) is 1.11. The predicted molar refractivity (Wildman–Crippen MR) is 59.7 cm³/mol. The molecule has 0 aromatic heterocycles. The van der Waals surface area contributed by atoms with Crippen LogP contribution in [0.3, 0.4) is 0 Å². The second-order valence-electron chi connectivity index (χ2n) is 3.79. The predicted octanol–water partition coefficient (Wildman–Crippen LogP) is 0.834. The van der Waals surface area contributed by atoms with E-state index in [2.05, 4.69) is 0 Å². The van der Waals surface area contributed by atoms with Gasteiger partial charge < -0.3 is 19.3 Å². The van der Waals surface area contributed by atoms with Gasteiger partial charge in [-0.05, 0) is 13.8 Å². The molecule has 100 valence electrons. The summed E-state index contributed by atoms with van der Waals surface area (Å²) in [6.45, 7) is 4.28. The van der Waals surface area contributed by atoms with Crippen LogP contribution < -0.4 is 0 Å². The minimum absolute atomic E-state index is 0.0693. The van der Waals surface area contributed by atoms with E-state index in [0.717, 1.165) is 0 Å². The van der Waals surface area contributed by atoms with Gasteiger partial charge in [0.25, 0.3) is 0 Å². The highest BCUT2D eigenvalue weighted by Crippen LogP contribution is 2.01. The molecule has 0 bridgehead atoms. The molecular weight excluding hydrogens is 228 g/mol. The molecule has 2 atom stereocenters. The third-order valence-corrected chi connectivity index (χ3v) is 1.89. The minimum Gasteiger partial charge on any atom is -0.481 e. The molecule has 17 heavy (non-hydrogen) atoms. The second-order valence-corrected chi connectivity index (χ2v) is 3.79. The van der Waals surface area contributed by atoms with Crippen molar-refractivity contribution in [2.45, 2.75) is 38.9 Å². The lowest BCUT2D eigenvalue weighted by molar-refractivity contribution is -0.154. The molecule has 0 amide bonds. The molecule has 0 rings (SSSR count). The number of carbonyl (C=O) groups excluding carboxylic acids is 1. The molecule has 0 aliphatic rings. The number of hydrogen-bond donors (Lipinski definition) is 1. The fraction of sp³-hybridized carbons (Fsp3) is 0.818. The van der Waals surface area contributed by atoms with E-state index in [1.165, 1.54) is 0 Å². The van der Waals surface area contributed by atoms with Crippen molar-refractivity contribution in [2.24, 2.45) is 0 Å². The normalized spacial score (nSPS) is 14.1. The van der Waals surface area contributed by atoms with Gasteiger partial charge in [-0.25, -0.2) is 0 Å². The minimum atomic E-state index is -1.01. The first-order valence-corrected chi connectivity index (χ1v) is 5.47. The third-order valence-electron chi connectivity index (χ3n) is 1.89. The summed E-state index contributed by atoms with van der Waals surface area (Å²) in [6.07, 6.45) is -0.796. The third kappa shape index (κ3) is 9.77. The number of carboxylic acids is 1.